The number of halogens is 3. The highest BCUT2D eigenvalue weighted by Crippen LogP contribution is 2.70. The van der Waals surface area contributed by atoms with Gasteiger partial charge in [0.2, 0.25) is 0 Å². The molecule has 0 spiro atoms. The molecule has 1 aliphatic heterocycles. The van der Waals surface area contributed by atoms with Crippen LogP contribution in [0.25, 0.3) is 0 Å². The van der Waals surface area contributed by atoms with Crippen molar-refractivity contribution in [2.45, 2.75) is 63.1 Å². The van der Waals surface area contributed by atoms with E-state index in [0.717, 1.165) is 31.1 Å². The van der Waals surface area contributed by atoms with E-state index in [2.05, 4.69) is 0 Å². The van der Waals surface area contributed by atoms with Gasteiger partial charge >= 0.3 is 6.18 Å². The van der Waals surface area contributed by atoms with Crippen LogP contribution in [-0.2, 0) is 9.47 Å². The highest BCUT2D eigenvalue weighted by molar-refractivity contribution is 5.74. The van der Waals surface area contributed by atoms with Crippen molar-refractivity contribution in [1.29, 1.82) is 0 Å². The fraction of sp³-hybridized carbons (Fsp3) is 0.577. The van der Waals surface area contributed by atoms with Gasteiger partial charge in [0.05, 0.1) is 12.9 Å². The first kappa shape index (κ1) is 21.7. The minimum absolute atomic E-state index is 0.00981. The molecule has 3 nitrogen and oxygen atoms in total. The zero-order valence-electron chi connectivity index (χ0n) is 18.5. The van der Waals surface area contributed by atoms with E-state index in [0.29, 0.717) is 25.0 Å². The molecule has 0 radical (unpaired) electrons. The van der Waals surface area contributed by atoms with Crippen LogP contribution in [0.2, 0.25) is 0 Å². The summed E-state index contributed by atoms with van der Waals surface area (Å²) in [5.74, 6) is -0.0932. The molecule has 0 N–H and O–H groups in total. The SMILES string of the molecule is CO[C@@]1(C(F)(F)F)CCC2C3CCC4=COCCC4=C3[C@@H](c3ccc(C=O)cc3)C[C@@]21C. The number of methoxy groups -OCH3 is 1. The van der Waals surface area contributed by atoms with E-state index in [1.165, 1.54) is 23.8 Å². The lowest BCUT2D eigenvalue weighted by molar-refractivity contribution is -0.308. The Balaban J connectivity index is 1.69. The summed E-state index contributed by atoms with van der Waals surface area (Å²) in [6.07, 6.45) is 1.63. The maximum absolute atomic E-state index is 14.6. The van der Waals surface area contributed by atoms with E-state index < -0.39 is 17.2 Å². The number of ether oxygens (including phenoxy) is 2. The second-order valence-corrected chi connectivity index (χ2v) is 9.98. The van der Waals surface area contributed by atoms with Gasteiger partial charge in [0, 0.05) is 30.4 Å². The average molecular weight is 447 g/mol. The summed E-state index contributed by atoms with van der Waals surface area (Å²) in [6.45, 7) is 2.42. The number of hydrogen-bond donors (Lipinski definition) is 0. The van der Waals surface area contributed by atoms with Crippen molar-refractivity contribution in [2.24, 2.45) is 17.3 Å². The molecule has 0 saturated heterocycles. The molecule has 172 valence electrons. The second kappa shape index (κ2) is 7.47. The maximum Gasteiger partial charge on any atom is 0.417 e. The third-order valence-corrected chi connectivity index (χ3v) is 8.87. The van der Waals surface area contributed by atoms with Crippen molar-refractivity contribution in [3.05, 3.63) is 58.4 Å². The summed E-state index contributed by atoms with van der Waals surface area (Å²) in [4.78, 5) is 11.2. The van der Waals surface area contributed by atoms with Crippen LogP contribution in [0.15, 0.2) is 47.2 Å². The molecule has 0 bridgehead atoms. The lowest BCUT2D eigenvalue weighted by atomic mass is 9.51. The van der Waals surface area contributed by atoms with Gasteiger partial charge < -0.3 is 9.47 Å². The van der Waals surface area contributed by atoms with E-state index in [-0.39, 0.29) is 24.2 Å². The van der Waals surface area contributed by atoms with E-state index in [4.69, 9.17) is 9.47 Å². The molecule has 3 aliphatic carbocycles. The second-order valence-electron chi connectivity index (χ2n) is 9.98. The van der Waals surface area contributed by atoms with Gasteiger partial charge in [0.25, 0.3) is 0 Å². The fourth-order valence-electron chi connectivity index (χ4n) is 7.45. The monoisotopic (exact) mass is 446 g/mol. The van der Waals surface area contributed by atoms with Crippen LogP contribution in [-0.4, -0.2) is 31.8 Å². The predicted octanol–water partition coefficient (Wildman–Crippen LogP) is 6.36. The molecule has 4 aliphatic rings. The van der Waals surface area contributed by atoms with Gasteiger partial charge in [-0.25, -0.2) is 0 Å². The molecule has 1 aromatic carbocycles. The van der Waals surface area contributed by atoms with Crippen molar-refractivity contribution >= 4 is 6.29 Å². The van der Waals surface area contributed by atoms with E-state index in [9.17, 15) is 18.0 Å². The van der Waals surface area contributed by atoms with E-state index >= 15 is 0 Å². The Morgan fingerprint density at radius 3 is 2.56 bits per heavy atom. The molecule has 1 aromatic rings. The fourth-order valence-corrected chi connectivity index (χ4v) is 7.45. The maximum atomic E-state index is 14.6. The summed E-state index contributed by atoms with van der Waals surface area (Å²) in [5, 5.41) is 0. The van der Waals surface area contributed by atoms with Gasteiger partial charge in [-0.3, -0.25) is 4.79 Å². The van der Waals surface area contributed by atoms with E-state index in [1.54, 1.807) is 12.1 Å². The van der Waals surface area contributed by atoms with Gasteiger partial charge in [-0.1, -0.05) is 36.8 Å². The molecule has 0 amide bonds. The number of aldehydes is 1. The first-order valence-corrected chi connectivity index (χ1v) is 11.5. The first-order chi connectivity index (χ1) is 15.3. The van der Waals surface area contributed by atoms with Crippen molar-refractivity contribution in [3.63, 3.8) is 0 Å². The molecular weight excluding hydrogens is 417 g/mol. The minimum atomic E-state index is -4.43. The molecule has 5 atom stereocenters. The number of fused-ring (bicyclic) bond motifs is 4. The first-order valence-electron chi connectivity index (χ1n) is 11.5. The number of benzene rings is 1. The molecule has 2 unspecified atom stereocenters. The number of rotatable bonds is 3. The highest BCUT2D eigenvalue weighted by atomic mass is 19.4. The van der Waals surface area contributed by atoms with Crippen molar-refractivity contribution < 1.29 is 27.4 Å². The average Bonchev–Trinajstić information content (AvgIpc) is 3.11. The lowest BCUT2D eigenvalue weighted by Crippen LogP contribution is -2.60. The van der Waals surface area contributed by atoms with Crippen LogP contribution in [0.1, 0.15) is 67.3 Å². The molecular formula is C26H29F3O3. The number of alkyl halides is 3. The molecule has 2 fully saturated rings. The Bertz CT molecular complexity index is 977. The zero-order valence-corrected chi connectivity index (χ0v) is 18.5. The molecule has 6 heteroatoms. The Morgan fingerprint density at radius 1 is 1.16 bits per heavy atom. The van der Waals surface area contributed by atoms with Crippen LogP contribution in [0.3, 0.4) is 0 Å². The van der Waals surface area contributed by atoms with Crippen LogP contribution < -0.4 is 0 Å². The number of carbonyl (C=O) groups is 1. The number of carbonyl (C=O) groups excluding carboxylic acids is 1. The van der Waals surface area contributed by atoms with Crippen LogP contribution >= 0.6 is 0 Å². The summed E-state index contributed by atoms with van der Waals surface area (Å²) >= 11 is 0. The van der Waals surface area contributed by atoms with Crippen molar-refractivity contribution in [1.82, 2.24) is 0 Å². The Labute approximate surface area is 186 Å². The lowest BCUT2D eigenvalue weighted by Gasteiger charge is -2.55. The molecule has 5 rings (SSSR count). The van der Waals surface area contributed by atoms with Crippen LogP contribution in [0.4, 0.5) is 13.2 Å². The third-order valence-electron chi connectivity index (χ3n) is 8.87. The van der Waals surface area contributed by atoms with Gasteiger partial charge in [0.15, 0.2) is 5.60 Å². The number of allylic oxidation sites excluding steroid dienone is 2. The summed E-state index contributed by atoms with van der Waals surface area (Å²) < 4.78 is 54.7. The standard InChI is InChI=1S/C26H29F3O3/c1-24-13-21(17-5-3-16(14-30)4-6-17)23-19-10-12-32-15-18(19)7-8-20(23)22(24)9-11-25(24,31-2)26(27,28)29/h3-6,14-15,20-22H,7-13H2,1-2H3/t20?,21-,22?,24+,25+/m1/s1. The van der Waals surface area contributed by atoms with Gasteiger partial charge in [-0.2, -0.15) is 13.2 Å². The Kier molecular flexibility index (Phi) is 5.08. The molecule has 32 heavy (non-hydrogen) atoms. The predicted molar refractivity (Wildman–Crippen MR) is 114 cm³/mol. The normalized spacial score (nSPS) is 36.5. The van der Waals surface area contributed by atoms with Crippen molar-refractivity contribution in [3.8, 4) is 0 Å². The smallest absolute Gasteiger partial charge is 0.417 e. The van der Waals surface area contributed by atoms with Crippen LogP contribution in [0.5, 0.6) is 0 Å². The van der Waals surface area contributed by atoms with Gasteiger partial charge in [0.1, 0.15) is 6.29 Å². The third kappa shape index (κ3) is 2.87. The Morgan fingerprint density at radius 2 is 1.91 bits per heavy atom. The minimum Gasteiger partial charge on any atom is -0.501 e. The van der Waals surface area contributed by atoms with Crippen molar-refractivity contribution in [2.75, 3.05) is 13.7 Å². The van der Waals surface area contributed by atoms with Crippen LogP contribution in [0, 0.1) is 17.3 Å². The van der Waals surface area contributed by atoms with Gasteiger partial charge in [-0.15, -0.1) is 0 Å². The molecule has 0 aromatic heterocycles. The highest BCUT2D eigenvalue weighted by Gasteiger charge is 2.73. The topological polar surface area (TPSA) is 35.5 Å². The largest absolute Gasteiger partial charge is 0.501 e. The quantitative estimate of drug-likeness (QED) is 0.507. The summed E-state index contributed by atoms with van der Waals surface area (Å²) in [5.41, 5.74) is 2.20. The summed E-state index contributed by atoms with van der Waals surface area (Å²) in [6, 6.07) is 7.36. The molecule has 1 heterocycles. The Hall–Kier alpha value is -2.08. The zero-order chi connectivity index (χ0) is 22.7. The van der Waals surface area contributed by atoms with E-state index in [1.807, 2.05) is 25.3 Å². The number of hydrogen-bond acceptors (Lipinski definition) is 3. The van der Waals surface area contributed by atoms with Gasteiger partial charge in [-0.05, 0) is 60.6 Å². The summed E-state index contributed by atoms with van der Waals surface area (Å²) in [7, 11) is 1.23. The molecule has 2 saturated carbocycles.